The summed E-state index contributed by atoms with van der Waals surface area (Å²) in [6.45, 7) is 0. The molecule has 1 amide bonds. The Hall–Kier alpha value is -2.08. The number of methoxy groups -OCH3 is 1. The summed E-state index contributed by atoms with van der Waals surface area (Å²) in [6, 6.07) is 5.71. The number of hydrogen-bond donors (Lipinski definition) is 1. The highest BCUT2D eigenvalue weighted by Gasteiger charge is 2.24. The Morgan fingerprint density at radius 1 is 1.38 bits per heavy atom. The van der Waals surface area contributed by atoms with Crippen molar-refractivity contribution in [2.75, 3.05) is 7.11 Å². The second-order valence-electron chi connectivity index (χ2n) is 6.08. The average Bonchev–Trinajstić information content (AvgIpc) is 2.98. The van der Waals surface area contributed by atoms with Gasteiger partial charge in [0.05, 0.1) is 25.1 Å². The molecule has 0 unspecified atom stereocenters. The van der Waals surface area contributed by atoms with Crippen molar-refractivity contribution in [1.82, 2.24) is 14.8 Å². The van der Waals surface area contributed by atoms with Crippen LogP contribution in [-0.4, -0.2) is 27.8 Å². The molecule has 6 nitrogen and oxygen atoms in total. The van der Waals surface area contributed by atoms with Gasteiger partial charge >= 0.3 is 0 Å². The SMILES string of the molecule is COc1cc(Cl)ccc1-c1nc(CC(N)=O)nn1C1CCCCC1. The van der Waals surface area contributed by atoms with Crippen molar-refractivity contribution in [3.63, 3.8) is 0 Å². The number of aromatic nitrogens is 3. The number of halogens is 1. The fourth-order valence-corrected chi connectivity index (χ4v) is 3.37. The largest absolute Gasteiger partial charge is 0.496 e. The van der Waals surface area contributed by atoms with Crippen LogP contribution in [0.5, 0.6) is 5.75 Å². The molecule has 128 valence electrons. The molecule has 0 aliphatic heterocycles. The second-order valence-corrected chi connectivity index (χ2v) is 6.51. The molecule has 1 aliphatic rings. The minimum absolute atomic E-state index is 0.0304. The van der Waals surface area contributed by atoms with Crippen LogP contribution in [0.2, 0.25) is 5.02 Å². The van der Waals surface area contributed by atoms with Crippen LogP contribution in [-0.2, 0) is 11.2 Å². The van der Waals surface area contributed by atoms with Gasteiger partial charge in [-0.2, -0.15) is 5.10 Å². The molecule has 0 bridgehead atoms. The zero-order chi connectivity index (χ0) is 17.1. The summed E-state index contributed by atoms with van der Waals surface area (Å²) in [6.07, 6.45) is 5.74. The van der Waals surface area contributed by atoms with E-state index in [9.17, 15) is 4.79 Å². The molecule has 7 heteroatoms. The highest BCUT2D eigenvalue weighted by Crippen LogP contribution is 2.36. The van der Waals surface area contributed by atoms with Gasteiger partial charge in [0, 0.05) is 5.02 Å². The molecule has 1 aliphatic carbocycles. The summed E-state index contributed by atoms with van der Waals surface area (Å²) >= 11 is 6.06. The zero-order valence-electron chi connectivity index (χ0n) is 13.7. The Labute approximate surface area is 146 Å². The van der Waals surface area contributed by atoms with Gasteiger partial charge in [-0.25, -0.2) is 9.67 Å². The predicted molar refractivity (Wildman–Crippen MR) is 92.0 cm³/mol. The van der Waals surface area contributed by atoms with Gasteiger partial charge < -0.3 is 10.5 Å². The van der Waals surface area contributed by atoms with Crippen molar-refractivity contribution < 1.29 is 9.53 Å². The van der Waals surface area contributed by atoms with Crippen molar-refractivity contribution in [1.29, 1.82) is 0 Å². The Morgan fingerprint density at radius 2 is 2.12 bits per heavy atom. The third kappa shape index (κ3) is 3.53. The lowest BCUT2D eigenvalue weighted by Crippen LogP contribution is -2.17. The Bertz CT molecular complexity index is 738. The smallest absolute Gasteiger partial charge is 0.225 e. The van der Waals surface area contributed by atoms with Crippen molar-refractivity contribution >= 4 is 17.5 Å². The fraction of sp³-hybridized carbons (Fsp3) is 0.471. The highest BCUT2D eigenvalue weighted by molar-refractivity contribution is 6.30. The van der Waals surface area contributed by atoms with Crippen LogP contribution in [0.15, 0.2) is 18.2 Å². The third-order valence-electron chi connectivity index (χ3n) is 4.33. The molecule has 1 aromatic heterocycles. The highest BCUT2D eigenvalue weighted by atomic mass is 35.5. The second kappa shape index (κ2) is 7.21. The molecule has 3 rings (SSSR count). The minimum Gasteiger partial charge on any atom is -0.496 e. The molecule has 1 saturated carbocycles. The number of amides is 1. The molecule has 1 heterocycles. The molecule has 0 radical (unpaired) electrons. The summed E-state index contributed by atoms with van der Waals surface area (Å²) in [4.78, 5) is 15.8. The summed E-state index contributed by atoms with van der Waals surface area (Å²) in [5, 5.41) is 5.16. The van der Waals surface area contributed by atoms with Crippen molar-refractivity contribution in [3.8, 4) is 17.1 Å². The lowest BCUT2D eigenvalue weighted by molar-refractivity contribution is -0.117. The first-order valence-corrected chi connectivity index (χ1v) is 8.54. The fourth-order valence-electron chi connectivity index (χ4n) is 3.21. The van der Waals surface area contributed by atoms with Gasteiger partial charge in [-0.05, 0) is 31.0 Å². The summed E-state index contributed by atoms with van der Waals surface area (Å²) < 4.78 is 7.39. The van der Waals surface area contributed by atoms with Gasteiger partial charge in [0.15, 0.2) is 11.6 Å². The quantitative estimate of drug-likeness (QED) is 0.899. The van der Waals surface area contributed by atoms with E-state index in [-0.39, 0.29) is 12.5 Å². The predicted octanol–water partition coefficient (Wildman–Crippen LogP) is 3.14. The normalized spacial score (nSPS) is 15.4. The van der Waals surface area contributed by atoms with E-state index in [0.717, 1.165) is 18.4 Å². The molecule has 1 fully saturated rings. The molecule has 0 saturated heterocycles. The van der Waals surface area contributed by atoms with Crippen LogP contribution in [0.25, 0.3) is 11.4 Å². The van der Waals surface area contributed by atoms with E-state index in [1.165, 1.54) is 19.3 Å². The van der Waals surface area contributed by atoms with E-state index in [0.29, 0.717) is 22.4 Å². The topological polar surface area (TPSA) is 83.0 Å². The molecule has 24 heavy (non-hydrogen) atoms. The number of rotatable bonds is 5. The molecule has 0 atom stereocenters. The van der Waals surface area contributed by atoms with Crippen molar-refractivity contribution in [2.24, 2.45) is 5.73 Å². The minimum atomic E-state index is -0.439. The average molecular weight is 349 g/mol. The maximum atomic E-state index is 11.3. The number of ether oxygens (including phenoxy) is 1. The lowest BCUT2D eigenvalue weighted by Gasteiger charge is -2.23. The van der Waals surface area contributed by atoms with Crippen LogP contribution in [0.4, 0.5) is 0 Å². The van der Waals surface area contributed by atoms with Crippen LogP contribution < -0.4 is 10.5 Å². The van der Waals surface area contributed by atoms with Gasteiger partial charge in [0.2, 0.25) is 5.91 Å². The summed E-state index contributed by atoms with van der Waals surface area (Å²) in [7, 11) is 1.60. The first kappa shape index (κ1) is 16.8. The maximum Gasteiger partial charge on any atom is 0.225 e. The van der Waals surface area contributed by atoms with E-state index in [1.807, 2.05) is 10.7 Å². The summed E-state index contributed by atoms with van der Waals surface area (Å²) in [5.41, 5.74) is 6.12. The molecular weight excluding hydrogens is 328 g/mol. The lowest BCUT2D eigenvalue weighted by atomic mass is 9.95. The monoisotopic (exact) mass is 348 g/mol. The standard InChI is InChI=1S/C17H21ClN4O2/c1-24-14-9-11(18)7-8-13(14)17-20-16(10-15(19)23)21-22(17)12-5-3-2-4-6-12/h7-9,12H,2-6,10H2,1H3,(H2,19,23). The Balaban J connectivity index is 2.07. The van der Waals surface area contributed by atoms with Gasteiger partial charge in [0.25, 0.3) is 0 Å². The van der Waals surface area contributed by atoms with Crippen LogP contribution in [0, 0.1) is 0 Å². The number of nitrogens with zero attached hydrogens (tertiary/aromatic N) is 3. The van der Waals surface area contributed by atoms with Crippen LogP contribution in [0.3, 0.4) is 0 Å². The summed E-state index contributed by atoms with van der Waals surface area (Å²) in [5.74, 6) is 1.34. The van der Waals surface area contributed by atoms with Crippen LogP contribution >= 0.6 is 11.6 Å². The number of carbonyl (C=O) groups is 1. The maximum absolute atomic E-state index is 11.3. The van der Waals surface area contributed by atoms with Crippen molar-refractivity contribution in [2.45, 2.75) is 44.6 Å². The van der Waals surface area contributed by atoms with Gasteiger partial charge in [-0.1, -0.05) is 30.9 Å². The number of nitrogens with two attached hydrogens (primary N) is 1. The van der Waals surface area contributed by atoms with E-state index in [4.69, 9.17) is 22.1 Å². The van der Waals surface area contributed by atoms with Gasteiger partial charge in [0.1, 0.15) is 5.75 Å². The number of benzene rings is 1. The van der Waals surface area contributed by atoms with E-state index < -0.39 is 5.91 Å². The first-order chi connectivity index (χ1) is 11.6. The molecule has 2 N–H and O–H groups in total. The third-order valence-corrected chi connectivity index (χ3v) is 4.57. The van der Waals surface area contributed by atoms with Gasteiger partial charge in [-0.15, -0.1) is 0 Å². The number of carbonyl (C=O) groups excluding carboxylic acids is 1. The Morgan fingerprint density at radius 3 is 2.79 bits per heavy atom. The van der Waals surface area contributed by atoms with Crippen molar-refractivity contribution in [3.05, 3.63) is 29.0 Å². The van der Waals surface area contributed by atoms with Gasteiger partial charge in [-0.3, -0.25) is 4.79 Å². The molecule has 1 aromatic carbocycles. The van der Waals surface area contributed by atoms with E-state index in [1.54, 1.807) is 19.2 Å². The Kier molecular flexibility index (Phi) is 5.04. The number of hydrogen-bond acceptors (Lipinski definition) is 4. The first-order valence-electron chi connectivity index (χ1n) is 8.16. The number of primary amides is 1. The molecule has 0 spiro atoms. The molecule has 2 aromatic rings. The van der Waals surface area contributed by atoms with E-state index in [2.05, 4.69) is 10.1 Å². The molecular formula is C17H21ClN4O2. The van der Waals surface area contributed by atoms with Crippen LogP contribution in [0.1, 0.15) is 44.0 Å². The van der Waals surface area contributed by atoms with E-state index >= 15 is 0 Å². The zero-order valence-corrected chi connectivity index (χ0v) is 14.4.